The normalized spacial score (nSPS) is 11.5. The molecule has 0 saturated heterocycles. The second-order valence-corrected chi connectivity index (χ2v) is 9.98. The van der Waals surface area contributed by atoms with Gasteiger partial charge >= 0.3 is 0 Å². The Hall–Kier alpha value is -2.09. The van der Waals surface area contributed by atoms with E-state index in [0.29, 0.717) is 26.3 Å². The van der Waals surface area contributed by atoms with Crippen LogP contribution in [0.1, 0.15) is 11.1 Å². The van der Waals surface area contributed by atoms with Crippen molar-refractivity contribution in [3.63, 3.8) is 0 Å². The van der Waals surface area contributed by atoms with E-state index in [4.69, 9.17) is 34.8 Å². The Bertz CT molecular complexity index is 1180. The van der Waals surface area contributed by atoms with Crippen LogP contribution in [-0.2, 0) is 21.4 Å². The Morgan fingerprint density at radius 3 is 2.13 bits per heavy atom. The van der Waals surface area contributed by atoms with Gasteiger partial charge in [0, 0.05) is 32.9 Å². The number of halogens is 3. The minimum atomic E-state index is -4.05. The summed E-state index contributed by atoms with van der Waals surface area (Å²) in [5, 5.41) is 3.77. The lowest BCUT2D eigenvalue weighted by Gasteiger charge is -2.23. The molecule has 0 unspecified atom stereocenters. The van der Waals surface area contributed by atoms with Gasteiger partial charge in [-0.1, -0.05) is 59.1 Å². The zero-order valence-electron chi connectivity index (χ0n) is 16.5. The number of nitrogens with one attached hydrogen (secondary N) is 1. The highest BCUT2D eigenvalue weighted by molar-refractivity contribution is 7.89. The number of para-hydroxylation sites is 1. The largest absolute Gasteiger partial charge is 0.325 e. The molecule has 31 heavy (non-hydrogen) atoms. The van der Waals surface area contributed by atoms with Crippen LogP contribution >= 0.6 is 34.8 Å². The molecular formula is C22H19Cl3N2O3S. The molecule has 0 aliphatic rings. The number of anilines is 1. The molecule has 0 aliphatic carbocycles. The van der Waals surface area contributed by atoms with E-state index < -0.39 is 22.5 Å². The number of hydrogen-bond acceptors (Lipinski definition) is 3. The van der Waals surface area contributed by atoms with Gasteiger partial charge in [-0.15, -0.1) is 0 Å². The van der Waals surface area contributed by atoms with Crippen molar-refractivity contribution in [1.82, 2.24) is 4.31 Å². The average Bonchev–Trinajstić information content (AvgIpc) is 2.72. The Kier molecular flexibility index (Phi) is 7.62. The third kappa shape index (κ3) is 5.79. The molecule has 1 amide bonds. The van der Waals surface area contributed by atoms with E-state index >= 15 is 0 Å². The number of sulfonamides is 1. The smallest absolute Gasteiger partial charge is 0.243 e. The third-order valence-electron chi connectivity index (χ3n) is 4.59. The molecule has 3 rings (SSSR count). The summed E-state index contributed by atoms with van der Waals surface area (Å²) in [7, 11) is -4.05. The van der Waals surface area contributed by atoms with E-state index in [1.807, 2.05) is 19.1 Å². The molecule has 0 heterocycles. The summed E-state index contributed by atoms with van der Waals surface area (Å²) >= 11 is 18.4. The molecule has 0 saturated carbocycles. The van der Waals surface area contributed by atoms with Crippen LogP contribution in [0.5, 0.6) is 0 Å². The summed E-state index contributed by atoms with van der Waals surface area (Å²) in [6.07, 6.45) is 0. The number of benzene rings is 3. The number of carbonyl (C=O) groups is 1. The van der Waals surface area contributed by atoms with Crippen molar-refractivity contribution in [2.24, 2.45) is 0 Å². The fourth-order valence-electron chi connectivity index (χ4n) is 2.90. The van der Waals surface area contributed by atoms with Gasteiger partial charge in [-0.2, -0.15) is 4.31 Å². The molecule has 1 N–H and O–H groups in total. The van der Waals surface area contributed by atoms with Crippen LogP contribution in [0.4, 0.5) is 5.69 Å². The Labute approximate surface area is 196 Å². The first-order valence-electron chi connectivity index (χ1n) is 9.22. The van der Waals surface area contributed by atoms with Gasteiger partial charge in [0.15, 0.2) is 0 Å². The first kappa shape index (κ1) is 23.6. The lowest BCUT2D eigenvalue weighted by Crippen LogP contribution is -2.37. The molecule has 3 aromatic carbocycles. The number of amides is 1. The lowest BCUT2D eigenvalue weighted by atomic mass is 10.2. The van der Waals surface area contributed by atoms with Crippen molar-refractivity contribution in [3.05, 3.63) is 92.9 Å². The first-order chi connectivity index (χ1) is 14.7. The van der Waals surface area contributed by atoms with E-state index in [1.54, 1.807) is 30.3 Å². The van der Waals surface area contributed by atoms with Gasteiger partial charge in [0.2, 0.25) is 15.9 Å². The molecule has 162 valence electrons. The monoisotopic (exact) mass is 496 g/mol. The van der Waals surface area contributed by atoms with Crippen molar-refractivity contribution in [3.8, 4) is 0 Å². The van der Waals surface area contributed by atoms with Gasteiger partial charge in [-0.3, -0.25) is 4.79 Å². The van der Waals surface area contributed by atoms with Crippen molar-refractivity contribution in [2.45, 2.75) is 18.4 Å². The van der Waals surface area contributed by atoms with Crippen molar-refractivity contribution < 1.29 is 13.2 Å². The maximum absolute atomic E-state index is 13.3. The van der Waals surface area contributed by atoms with E-state index in [9.17, 15) is 13.2 Å². The molecule has 0 atom stereocenters. The van der Waals surface area contributed by atoms with Crippen LogP contribution < -0.4 is 5.32 Å². The second kappa shape index (κ2) is 10.0. The van der Waals surface area contributed by atoms with Gasteiger partial charge in [0.25, 0.3) is 0 Å². The molecule has 0 fully saturated rings. The zero-order chi connectivity index (χ0) is 22.6. The average molecular weight is 498 g/mol. The number of aryl methyl sites for hydroxylation is 1. The maximum Gasteiger partial charge on any atom is 0.243 e. The number of carbonyl (C=O) groups excluding carboxylic acids is 1. The van der Waals surface area contributed by atoms with E-state index in [2.05, 4.69) is 5.32 Å². The minimum Gasteiger partial charge on any atom is -0.325 e. The van der Waals surface area contributed by atoms with E-state index in [1.165, 1.54) is 24.3 Å². The summed E-state index contributed by atoms with van der Waals surface area (Å²) in [5.74, 6) is -0.491. The highest BCUT2D eigenvalue weighted by Crippen LogP contribution is 2.28. The summed E-state index contributed by atoms with van der Waals surface area (Å²) < 4.78 is 27.7. The molecule has 5 nitrogen and oxygen atoms in total. The second-order valence-electron chi connectivity index (χ2n) is 6.79. The van der Waals surface area contributed by atoms with Gasteiger partial charge < -0.3 is 5.32 Å². The summed E-state index contributed by atoms with van der Waals surface area (Å²) in [6.45, 7) is 1.24. The van der Waals surface area contributed by atoms with Crippen molar-refractivity contribution in [2.75, 3.05) is 11.9 Å². The number of hydrogen-bond donors (Lipinski definition) is 1. The fraction of sp³-hybridized carbons (Fsp3) is 0.136. The number of rotatable bonds is 7. The topological polar surface area (TPSA) is 66.5 Å². The molecule has 9 heteroatoms. The molecule has 0 aromatic heterocycles. The number of nitrogens with zero attached hydrogens (tertiary/aromatic N) is 1. The molecule has 0 radical (unpaired) electrons. The summed E-state index contributed by atoms with van der Waals surface area (Å²) in [6, 6.07) is 17.8. The lowest BCUT2D eigenvalue weighted by molar-refractivity contribution is -0.116. The SMILES string of the molecule is Cc1ccccc1NC(=O)CN(Cc1c(Cl)cccc1Cl)S(=O)(=O)c1ccc(Cl)cc1. The maximum atomic E-state index is 13.3. The van der Waals surface area contributed by atoms with Crippen LogP contribution in [0, 0.1) is 6.92 Å². The summed E-state index contributed by atoms with van der Waals surface area (Å²) in [5.41, 5.74) is 1.87. The quantitative estimate of drug-likeness (QED) is 0.449. The Balaban J connectivity index is 1.94. The van der Waals surface area contributed by atoms with Gasteiger partial charge in [-0.25, -0.2) is 8.42 Å². The van der Waals surface area contributed by atoms with Crippen LogP contribution in [0.3, 0.4) is 0 Å². The highest BCUT2D eigenvalue weighted by atomic mass is 35.5. The van der Waals surface area contributed by atoms with Crippen LogP contribution in [0.2, 0.25) is 15.1 Å². The molecular weight excluding hydrogens is 479 g/mol. The summed E-state index contributed by atoms with van der Waals surface area (Å²) in [4.78, 5) is 12.8. The zero-order valence-corrected chi connectivity index (χ0v) is 19.6. The van der Waals surface area contributed by atoms with Crippen molar-refractivity contribution >= 4 is 56.4 Å². The predicted octanol–water partition coefficient (Wildman–Crippen LogP) is 5.78. The van der Waals surface area contributed by atoms with Gasteiger partial charge in [0.05, 0.1) is 11.4 Å². The first-order valence-corrected chi connectivity index (χ1v) is 11.8. The minimum absolute atomic E-state index is 0.00349. The molecule has 3 aromatic rings. The third-order valence-corrected chi connectivity index (χ3v) is 7.35. The fourth-order valence-corrected chi connectivity index (χ4v) is 4.91. The van der Waals surface area contributed by atoms with E-state index in [0.717, 1.165) is 9.87 Å². The Morgan fingerprint density at radius 1 is 0.903 bits per heavy atom. The van der Waals surface area contributed by atoms with Crippen LogP contribution in [0.25, 0.3) is 0 Å². The molecule has 0 bridgehead atoms. The van der Waals surface area contributed by atoms with Gasteiger partial charge in [0.1, 0.15) is 0 Å². The standard InChI is InChI=1S/C22H19Cl3N2O3S/c1-15-5-2-3-8-21(15)26-22(28)14-27(13-18-19(24)6-4-7-20(18)25)31(29,30)17-11-9-16(23)10-12-17/h2-12H,13-14H2,1H3,(H,26,28). The predicted molar refractivity (Wildman–Crippen MR) is 125 cm³/mol. The van der Waals surface area contributed by atoms with Gasteiger partial charge in [-0.05, 0) is 55.0 Å². The van der Waals surface area contributed by atoms with Crippen molar-refractivity contribution in [1.29, 1.82) is 0 Å². The van der Waals surface area contributed by atoms with E-state index in [-0.39, 0.29) is 11.4 Å². The Morgan fingerprint density at radius 2 is 1.52 bits per heavy atom. The molecule has 0 spiro atoms. The molecule has 0 aliphatic heterocycles. The van der Waals surface area contributed by atoms with Crippen LogP contribution in [-0.4, -0.2) is 25.2 Å². The highest BCUT2D eigenvalue weighted by Gasteiger charge is 2.28. The van der Waals surface area contributed by atoms with Crippen LogP contribution in [0.15, 0.2) is 71.6 Å².